The van der Waals surface area contributed by atoms with E-state index in [1.165, 1.54) is 0 Å². The zero-order valence-electron chi connectivity index (χ0n) is 9.36. The molecule has 4 heteroatoms. The lowest BCUT2D eigenvalue weighted by atomic mass is 10.00. The topological polar surface area (TPSA) is 63.3 Å². The molecule has 0 heterocycles. The van der Waals surface area contributed by atoms with Gasteiger partial charge in [0.2, 0.25) is 0 Å². The first-order valence-corrected chi connectivity index (χ1v) is 6.21. The van der Waals surface area contributed by atoms with Gasteiger partial charge in [-0.05, 0) is 11.1 Å². The summed E-state index contributed by atoms with van der Waals surface area (Å²) in [5, 5.41) is 0. The predicted octanol–water partition coefficient (Wildman–Crippen LogP) is 2.38. The molecule has 3 nitrogen and oxygen atoms in total. The summed E-state index contributed by atoms with van der Waals surface area (Å²) in [6.07, 6.45) is 0. The van der Waals surface area contributed by atoms with Gasteiger partial charge in [0.05, 0.1) is 6.04 Å². The van der Waals surface area contributed by atoms with Crippen molar-refractivity contribution in [3.63, 3.8) is 0 Å². The maximum Gasteiger partial charge on any atom is 0.177 e. The van der Waals surface area contributed by atoms with Crippen molar-refractivity contribution in [3.8, 4) is 0 Å². The number of nitrogens with two attached hydrogens (primary N) is 1. The Morgan fingerprint density at radius 3 is 1.47 bits per heavy atom. The first-order chi connectivity index (χ1) is 8.29. The summed E-state index contributed by atoms with van der Waals surface area (Å²) in [5.74, 6) is 0. The van der Waals surface area contributed by atoms with Crippen molar-refractivity contribution in [2.75, 3.05) is 0 Å². The van der Waals surface area contributed by atoms with Gasteiger partial charge < -0.3 is 10.6 Å². The molecule has 1 atom stereocenters. The van der Waals surface area contributed by atoms with E-state index < -0.39 is 8.69 Å². The van der Waals surface area contributed by atoms with Crippen molar-refractivity contribution in [1.82, 2.24) is 0 Å². The normalized spacial score (nSPS) is 10.3. The largest absolute Gasteiger partial charge is 0.348 e. The van der Waals surface area contributed by atoms with Crippen LogP contribution in [0.15, 0.2) is 60.7 Å². The lowest BCUT2D eigenvalue weighted by molar-refractivity contribution is 0.524. The molecule has 2 rings (SSSR count). The molecule has 0 aliphatic rings. The van der Waals surface area contributed by atoms with Crippen molar-refractivity contribution >= 4 is 8.69 Å². The van der Waals surface area contributed by atoms with Crippen molar-refractivity contribution in [2.45, 2.75) is 6.04 Å². The van der Waals surface area contributed by atoms with Crippen LogP contribution < -0.4 is 5.73 Å². The van der Waals surface area contributed by atoms with Crippen LogP contribution in [0.4, 0.5) is 0 Å². The van der Waals surface area contributed by atoms with Gasteiger partial charge in [0, 0.05) is 0 Å². The summed E-state index contributed by atoms with van der Waals surface area (Å²) < 4.78 is 8.57. The molecule has 17 heavy (non-hydrogen) atoms. The Balaban J connectivity index is 0.000000437. The van der Waals surface area contributed by atoms with E-state index in [0.717, 1.165) is 11.1 Å². The molecule has 0 aliphatic carbocycles. The van der Waals surface area contributed by atoms with Crippen LogP contribution in [-0.4, -0.2) is 4.89 Å². The highest BCUT2D eigenvalue weighted by atomic mass is 31.1. The first-order valence-electron chi connectivity index (χ1n) is 5.23. The molecule has 0 saturated carbocycles. The Labute approximate surface area is 102 Å². The molecule has 0 saturated heterocycles. The van der Waals surface area contributed by atoms with E-state index in [4.69, 9.17) is 15.2 Å². The van der Waals surface area contributed by atoms with Crippen LogP contribution in [0.3, 0.4) is 0 Å². The average Bonchev–Trinajstić information content (AvgIpc) is 2.41. The van der Waals surface area contributed by atoms with Crippen LogP contribution in [0.1, 0.15) is 17.2 Å². The second kappa shape index (κ2) is 7.80. The van der Waals surface area contributed by atoms with Gasteiger partial charge in [-0.25, -0.2) is 0 Å². The quantitative estimate of drug-likeness (QED) is 0.803. The van der Waals surface area contributed by atoms with Gasteiger partial charge in [0.15, 0.2) is 8.69 Å². The second-order valence-electron chi connectivity index (χ2n) is 3.40. The molecule has 90 valence electrons. The highest BCUT2D eigenvalue weighted by molar-refractivity contribution is 7.16. The molecule has 0 bridgehead atoms. The molecule has 2 aromatic carbocycles. The molecule has 0 fully saturated rings. The van der Waals surface area contributed by atoms with Crippen molar-refractivity contribution < 1.29 is 9.46 Å². The van der Waals surface area contributed by atoms with E-state index >= 15 is 0 Å². The second-order valence-corrected chi connectivity index (χ2v) is 3.62. The van der Waals surface area contributed by atoms with Crippen molar-refractivity contribution in [1.29, 1.82) is 0 Å². The van der Waals surface area contributed by atoms with Crippen LogP contribution >= 0.6 is 8.69 Å². The van der Waals surface area contributed by atoms with Gasteiger partial charge in [-0.15, -0.1) is 0 Å². The Morgan fingerprint density at radius 2 is 1.18 bits per heavy atom. The molecule has 0 aromatic heterocycles. The van der Waals surface area contributed by atoms with Gasteiger partial charge in [-0.2, -0.15) is 0 Å². The fraction of sp³-hybridized carbons (Fsp3) is 0.0769. The van der Waals surface area contributed by atoms with E-state index in [-0.39, 0.29) is 6.04 Å². The fourth-order valence-corrected chi connectivity index (χ4v) is 1.51. The number of hydrogen-bond acceptors (Lipinski definition) is 2. The van der Waals surface area contributed by atoms with E-state index in [1.54, 1.807) is 0 Å². The SMILES string of the molecule is NC(c1ccccc1)c1ccccc1.O=[PH2]O. The Morgan fingerprint density at radius 1 is 0.882 bits per heavy atom. The van der Waals surface area contributed by atoms with Crippen LogP contribution in [0.2, 0.25) is 0 Å². The monoisotopic (exact) mass is 249 g/mol. The lowest BCUT2D eigenvalue weighted by Gasteiger charge is -2.11. The first kappa shape index (κ1) is 13.7. The van der Waals surface area contributed by atoms with Gasteiger partial charge in [0.25, 0.3) is 0 Å². The van der Waals surface area contributed by atoms with E-state index in [2.05, 4.69) is 24.3 Å². The molecule has 1 unspecified atom stereocenters. The summed E-state index contributed by atoms with van der Waals surface area (Å²) in [5.41, 5.74) is 8.42. The third-order valence-corrected chi connectivity index (χ3v) is 2.32. The Kier molecular flexibility index (Phi) is 6.26. The maximum atomic E-state index is 8.57. The molecular formula is C13H16NO2P. The van der Waals surface area contributed by atoms with Crippen LogP contribution in [0.25, 0.3) is 0 Å². The predicted molar refractivity (Wildman–Crippen MR) is 71.5 cm³/mol. The summed E-state index contributed by atoms with van der Waals surface area (Å²) in [7, 11) is -1.50. The van der Waals surface area contributed by atoms with Crippen LogP contribution in [-0.2, 0) is 4.57 Å². The molecule has 0 aliphatic heterocycles. The summed E-state index contributed by atoms with van der Waals surface area (Å²) in [6, 6.07) is 20.2. The van der Waals surface area contributed by atoms with Gasteiger partial charge in [-0.1, -0.05) is 60.7 Å². The highest BCUT2D eigenvalue weighted by Crippen LogP contribution is 2.18. The minimum Gasteiger partial charge on any atom is -0.348 e. The number of benzene rings is 2. The van der Waals surface area contributed by atoms with Crippen LogP contribution in [0.5, 0.6) is 0 Å². The molecule has 0 spiro atoms. The molecule has 0 radical (unpaired) electrons. The third-order valence-electron chi connectivity index (χ3n) is 2.32. The fourth-order valence-electron chi connectivity index (χ4n) is 1.51. The molecular weight excluding hydrogens is 233 g/mol. The molecule has 0 amide bonds. The zero-order valence-corrected chi connectivity index (χ0v) is 10.5. The summed E-state index contributed by atoms with van der Waals surface area (Å²) in [4.78, 5) is 7.10. The Bertz CT molecular complexity index is 394. The van der Waals surface area contributed by atoms with Crippen LogP contribution in [0, 0.1) is 0 Å². The highest BCUT2D eigenvalue weighted by Gasteiger charge is 2.06. The number of rotatable bonds is 2. The lowest BCUT2D eigenvalue weighted by Crippen LogP contribution is -2.11. The van der Waals surface area contributed by atoms with Gasteiger partial charge >= 0.3 is 0 Å². The summed E-state index contributed by atoms with van der Waals surface area (Å²) in [6.45, 7) is 0. The minimum absolute atomic E-state index is 0.0163. The standard InChI is InChI=1S/C13H13N.H3O2P/c14-13(11-7-3-1-4-8-11)12-9-5-2-6-10-12;1-3-2/h1-10,13H,14H2;3H2,(H,1,2). The average molecular weight is 249 g/mol. The third kappa shape index (κ3) is 4.53. The molecule has 2 aromatic rings. The van der Waals surface area contributed by atoms with Gasteiger partial charge in [0.1, 0.15) is 0 Å². The summed E-state index contributed by atoms with van der Waals surface area (Å²) >= 11 is 0. The minimum atomic E-state index is -1.50. The van der Waals surface area contributed by atoms with Crippen molar-refractivity contribution in [3.05, 3.63) is 71.8 Å². The smallest absolute Gasteiger partial charge is 0.177 e. The van der Waals surface area contributed by atoms with Crippen molar-refractivity contribution in [2.24, 2.45) is 5.73 Å². The zero-order chi connectivity index (χ0) is 12.5. The van der Waals surface area contributed by atoms with E-state index in [9.17, 15) is 0 Å². The number of hydrogen-bond donors (Lipinski definition) is 2. The molecule has 3 N–H and O–H groups in total. The maximum absolute atomic E-state index is 8.57. The van der Waals surface area contributed by atoms with E-state index in [0.29, 0.717) is 0 Å². The van der Waals surface area contributed by atoms with Gasteiger partial charge in [-0.3, -0.25) is 4.57 Å². The van der Waals surface area contributed by atoms with E-state index in [1.807, 2.05) is 36.4 Å². The Hall–Kier alpha value is -1.41.